The van der Waals surface area contributed by atoms with E-state index in [0.717, 1.165) is 24.1 Å². The SMILES string of the molecule is OC1(c2cccc(-n3cncn3)c2)CC1. The Bertz CT molecular complexity index is 474. The number of aromatic nitrogens is 3. The van der Waals surface area contributed by atoms with Gasteiger partial charge in [0, 0.05) is 0 Å². The molecular weight excluding hydrogens is 190 g/mol. The molecule has 0 amide bonds. The second kappa shape index (κ2) is 2.90. The Morgan fingerprint density at radius 3 is 2.87 bits per heavy atom. The average molecular weight is 201 g/mol. The molecule has 0 bridgehead atoms. The molecule has 1 aromatic heterocycles. The van der Waals surface area contributed by atoms with E-state index < -0.39 is 5.60 Å². The zero-order chi connectivity index (χ0) is 10.3. The van der Waals surface area contributed by atoms with Gasteiger partial charge >= 0.3 is 0 Å². The van der Waals surface area contributed by atoms with E-state index in [9.17, 15) is 5.11 Å². The third kappa shape index (κ3) is 1.43. The van der Waals surface area contributed by atoms with Crippen LogP contribution in [-0.2, 0) is 5.60 Å². The van der Waals surface area contributed by atoms with Gasteiger partial charge in [0.25, 0.3) is 0 Å². The van der Waals surface area contributed by atoms with Gasteiger partial charge in [0.05, 0.1) is 11.3 Å². The average Bonchev–Trinajstić information content (AvgIpc) is 2.84. The molecule has 0 spiro atoms. The summed E-state index contributed by atoms with van der Waals surface area (Å²) < 4.78 is 1.69. The van der Waals surface area contributed by atoms with Crippen LogP contribution in [0.5, 0.6) is 0 Å². The van der Waals surface area contributed by atoms with Crippen LogP contribution in [0.15, 0.2) is 36.9 Å². The van der Waals surface area contributed by atoms with Crippen LogP contribution in [0.1, 0.15) is 18.4 Å². The van der Waals surface area contributed by atoms with Crippen molar-refractivity contribution in [2.24, 2.45) is 0 Å². The Kier molecular flexibility index (Phi) is 1.67. The van der Waals surface area contributed by atoms with Crippen molar-refractivity contribution in [2.75, 3.05) is 0 Å². The fourth-order valence-corrected chi connectivity index (χ4v) is 1.69. The van der Waals surface area contributed by atoms with E-state index in [-0.39, 0.29) is 0 Å². The Morgan fingerprint density at radius 2 is 2.20 bits per heavy atom. The van der Waals surface area contributed by atoms with Gasteiger partial charge in [-0.2, -0.15) is 5.10 Å². The van der Waals surface area contributed by atoms with Crippen molar-refractivity contribution in [1.29, 1.82) is 0 Å². The van der Waals surface area contributed by atoms with E-state index in [2.05, 4.69) is 10.1 Å². The molecule has 1 heterocycles. The van der Waals surface area contributed by atoms with Crippen LogP contribution >= 0.6 is 0 Å². The molecule has 1 N–H and O–H groups in total. The number of aliphatic hydroxyl groups is 1. The molecule has 0 atom stereocenters. The molecule has 15 heavy (non-hydrogen) atoms. The summed E-state index contributed by atoms with van der Waals surface area (Å²) in [5, 5.41) is 14.0. The van der Waals surface area contributed by atoms with E-state index in [1.165, 1.54) is 6.33 Å². The van der Waals surface area contributed by atoms with Crippen molar-refractivity contribution >= 4 is 0 Å². The maximum Gasteiger partial charge on any atom is 0.138 e. The zero-order valence-corrected chi connectivity index (χ0v) is 8.17. The summed E-state index contributed by atoms with van der Waals surface area (Å²) >= 11 is 0. The minimum atomic E-state index is -0.587. The van der Waals surface area contributed by atoms with E-state index in [1.54, 1.807) is 11.0 Å². The first-order valence-corrected chi connectivity index (χ1v) is 4.96. The lowest BCUT2D eigenvalue weighted by molar-refractivity contribution is 0.151. The molecule has 1 aromatic carbocycles. The van der Waals surface area contributed by atoms with Gasteiger partial charge in [-0.05, 0) is 30.5 Å². The normalized spacial score (nSPS) is 17.7. The molecule has 0 aliphatic heterocycles. The van der Waals surface area contributed by atoms with Crippen LogP contribution in [0, 0.1) is 0 Å². The van der Waals surface area contributed by atoms with Gasteiger partial charge in [0.15, 0.2) is 0 Å². The molecule has 1 aliphatic carbocycles. The third-order valence-electron chi connectivity index (χ3n) is 2.79. The Hall–Kier alpha value is -1.68. The van der Waals surface area contributed by atoms with Crippen molar-refractivity contribution < 1.29 is 5.11 Å². The molecule has 2 aromatic rings. The van der Waals surface area contributed by atoms with E-state index in [1.807, 2.05) is 24.3 Å². The van der Waals surface area contributed by atoms with Crippen LogP contribution in [0.3, 0.4) is 0 Å². The summed E-state index contributed by atoms with van der Waals surface area (Å²) in [5.74, 6) is 0. The second-order valence-electron chi connectivity index (χ2n) is 3.92. The molecule has 0 saturated heterocycles. The molecule has 0 unspecified atom stereocenters. The van der Waals surface area contributed by atoms with Gasteiger partial charge in [-0.25, -0.2) is 9.67 Å². The van der Waals surface area contributed by atoms with Gasteiger partial charge in [-0.1, -0.05) is 12.1 Å². The molecule has 3 rings (SSSR count). The Labute approximate surface area is 87.2 Å². The number of benzene rings is 1. The number of nitrogens with zero attached hydrogens (tertiary/aromatic N) is 3. The smallest absolute Gasteiger partial charge is 0.138 e. The largest absolute Gasteiger partial charge is 0.385 e. The molecular formula is C11H11N3O. The first-order chi connectivity index (χ1) is 7.28. The lowest BCUT2D eigenvalue weighted by Crippen LogP contribution is -2.05. The zero-order valence-electron chi connectivity index (χ0n) is 8.17. The second-order valence-corrected chi connectivity index (χ2v) is 3.92. The van der Waals surface area contributed by atoms with Crippen LogP contribution in [0.25, 0.3) is 5.69 Å². The van der Waals surface area contributed by atoms with Crippen molar-refractivity contribution in [3.63, 3.8) is 0 Å². The number of hydrogen-bond acceptors (Lipinski definition) is 3. The fourth-order valence-electron chi connectivity index (χ4n) is 1.69. The molecule has 0 radical (unpaired) electrons. The summed E-state index contributed by atoms with van der Waals surface area (Å²) in [6, 6.07) is 7.79. The van der Waals surface area contributed by atoms with Crippen molar-refractivity contribution in [2.45, 2.75) is 18.4 Å². The summed E-state index contributed by atoms with van der Waals surface area (Å²) in [5.41, 5.74) is 1.32. The molecule has 1 saturated carbocycles. The van der Waals surface area contributed by atoms with E-state index >= 15 is 0 Å². The molecule has 1 aliphatic rings. The highest BCUT2D eigenvalue weighted by atomic mass is 16.3. The van der Waals surface area contributed by atoms with Gasteiger partial charge in [-0.15, -0.1) is 0 Å². The predicted octanol–water partition coefficient (Wildman–Crippen LogP) is 1.25. The highest BCUT2D eigenvalue weighted by molar-refractivity contribution is 5.39. The molecule has 4 heteroatoms. The van der Waals surface area contributed by atoms with Gasteiger partial charge < -0.3 is 5.11 Å². The maximum atomic E-state index is 9.98. The summed E-state index contributed by atoms with van der Waals surface area (Å²) in [7, 11) is 0. The van der Waals surface area contributed by atoms with Gasteiger partial charge in [0.2, 0.25) is 0 Å². The topological polar surface area (TPSA) is 50.9 Å². The lowest BCUT2D eigenvalue weighted by atomic mass is 10.1. The first kappa shape index (κ1) is 8.61. The minimum Gasteiger partial charge on any atom is -0.385 e. The molecule has 1 fully saturated rings. The fraction of sp³-hybridized carbons (Fsp3) is 0.273. The summed E-state index contributed by atoms with van der Waals surface area (Å²) in [6.07, 6.45) is 4.86. The van der Waals surface area contributed by atoms with Crippen molar-refractivity contribution in [3.8, 4) is 5.69 Å². The lowest BCUT2D eigenvalue weighted by Gasteiger charge is -2.09. The number of hydrogen-bond donors (Lipinski definition) is 1. The Balaban J connectivity index is 2.04. The van der Waals surface area contributed by atoms with E-state index in [0.29, 0.717) is 0 Å². The molecule has 76 valence electrons. The van der Waals surface area contributed by atoms with Crippen LogP contribution in [-0.4, -0.2) is 19.9 Å². The highest BCUT2D eigenvalue weighted by Gasteiger charge is 2.42. The van der Waals surface area contributed by atoms with Gasteiger partial charge in [-0.3, -0.25) is 0 Å². The first-order valence-electron chi connectivity index (χ1n) is 4.96. The predicted molar refractivity (Wildman–Crippen MR) is 54.5 cm³/mol. The summed E-state index contributed by atoms with van der Waals surface area (Å²) in [6.45, 7) is 0. The maximum absolute atomic E-state index is 9.98. The third-order valence-corrected chi connectivity index (χ3v) is 2.79. The monoisotopic (exact) mass is 201 g/mol. The van der Waals surface area contributed by atoms with Crippen LogP contribution in [0.2, 0.25) is 0 Å². The highest BCUT2D eigenvalue weighted by Crippen LogP contribution is 2.45. The van der Waals surface area contributed by atoms with Crippen LogP contribution in [0.4, 0.5) is 0 Å². The van der Waals surface area contributed by atoms with E-state index in [4.69, 9.17) is 0 Å². The van der Waals surface area contributed by atoms with Crippen LogP contribution < -0.4 is 0 Å². The quantitative estimate of drug-likeness (QED) is 0.795. The number of rotatable bonds is 2. The standard InChI is InChI=1S/C11H11N3O/c15-11(4-5-11)9-2-1-3-10(6-9)14-8-12-7-13-14/h1-3,6-8,15H,4-5H2. The summed E-state index contributed by atoms with van der Waals surface area (Å²) in [4.78, 5) is 3.90. The minimum absolute atomic E-state index is 0.587. The Morgan fingerprint density at radius 1 is 1.33 bits per heavy atom. The van der Waals surface area contributed by atoms with Gasteiger partial charge in [0.1, 0.15) is 12.7 Å². The van der Waals surface area contributed by atoms with Crippen molar-refractivity contribution in [3.05, 3.63) is 42.5 Å². The molecule has 4 nitrogen and oxygen atoms in total. The van der Waals surface area contributed by atoms with Crippen molar-refractivity contribution in [1.82, 2.24) is 14.8 Å².